The molecule has 0 amide bonds. The molecular weight excluding hydrogens is 280 g/mol. The molecule has 0 bridgehead atoms. The number of carbonyl (C=O) groups is 1. The van der Waals surface area contributed by atoms with Crippen LogP contribution in [0.1, 0.15) is 22.3 Å². The summed E-state index contributed by atoms with van der Waals surface area (Å²) >= 11 is 0. The molecule has 2 aromatic carbocycles. The fourth-order valence-electron chi connectivity index (χ4n) is 2.92. The predicted octanol–water partition coefficient (Wildman–Crippen LogP) is 2.83. The lowest BCUT2D eigenvalue weighted by Crippen LogP contribution is -2.13. The van der Waals surface area contributed by atoms with Crippen LogP contribution in [-0.4, -0.2) is 29.2 Å². The number of fused-ring (bicyclic) bond motifs is 2. The van der Waals surface area contributed by atoms with E-state index in [-0.39, 0.29) is 12.4 Å². The van der Waals surface area contributed by atoms with Gasteiger partial charge >= 0.3 is 0 Å². The summed E-state index contributed by atoms with van der Waals surface area (Å²) in [5.74, 6) is 0.620. The van der Waals surface area contributed by atoms with E-state index in [0.29, 0.717) is 35.4 Å². The minimum atomic E-state index is -0.0246. The highest BCUT2D eigenvalue weighted by Gasteiger charge is 2.30. The Balaban J connectivity index is 1.95. The highest BCUT2D eigenvalue weighted by atomic mass is 16.5. The minimum absolute atomic E-state index is 0.0246. The van der Waals surface area contributed by atoms with E-state index in [9.17, 15) is 4.79 Å². The Morgan fingerprint density at radius 2 is 1.95 bits per heavy atom. The third kappa shape index (κ3) is 1.76. The molecule has 22 heavy (non-hydrogen) atoms. The molecule has 0 saturated heterocycles. The van der Waals surface area contributed by atoms with Crippen LogP contribution in [0.25, 0.3) is 22.2 Å². The first kappa shape index (κ1) is 13.0. The minimum Gasteiger partial charge on any atom is -0.396 e. The van der Waals surface area contributed by atoms with Crippen LogP contribution in [0.5, 0.6) is 0 Å². The first-order valence-electron chi connectivity index (χ1n) is 7.22. The van der Waals surface area contributed by atoms with Crippen molar-refractivity contribution in [3.63, 3.8) is 0 Å². The summed E-state index contributed by atoms with van der Waals surface area (Å²) in [5, 5.41) is 17.0. The van der Waals surface area contributed by atoms with Gasteiger partial charge in [0.1, 0.15) is 5.52 Å². The fraction of sp³-hybridized carbons (Fsp3) is 0.176. The largest absolute Gasteiger partial charge is 0.396 e. The van der Waals surface area contributed by atoms with Crippen molar-refractivity contribution in [3.05, 3.63) is 47.5 Å². The smallest absolute Gasteiger partial charge is 0.196 e. The number of carbonyl (C=O) groups excluding carboxylic acids is 1. The molecule has 1 heterocycles. The van der Waals surface area contributed by atoms with Crippen LogP contribution in [-0.2, 0) is 0 Å². The summed E-state index contributed by atoms with van der Waals surface area (Å²) in [6, 6.07) is 11.1. The monoisotopic (exact) mass is 294 g/mol. The topological polar surface area (TPSA) is 75.4 Å². The van der Waals surface area contributed by atoms with Gasteiger partial charge in [0.2, 0.25) is 0 Å². The van der Waals surface area contributed by atoms with E-state index in [1.165, 1.54) is 0 Å². The number of aliphatic hydroxyl groups excluding tert-OH is 1. The highest BCUT2D eigenvalue weighted by Crippen LogP contribution is 2.42. The van der Waals surface area contributed by atoms with Gasteiger partial charge < -0.3 is 14.9 Å². The second kappa shape index (κ2) is 4.96. The van der Waals surface area contributed by atoms with Crippen molar-refractivity contribution in [2.75, 3.05) is 18.5 Å². The third-order valence-corrected chi connectivity index (χ3v) is 3.94. The average Bonchev–Trinajstić information content (AvgIpc) is 2.98. The first-order valence-corrected chi connectivity index (χ1v) is 7.22. The summed E-state index contributed by atoms with van der Waals surface area (Å²) in [4.78, 5) is 12.9. The lowest BCUT2D eigenvalue weighted by Gasteiger charge is -2.17. The zero-order valence-electron chi connectivity index (χ0n) is 11.8. The molecule has 0 unspecified atom stereocenters. The van der Waals surface area contributed by atoms with E-state index >= 15 is 0 Å². The molecule has 0 fully saturated rings. The number of nitrogens with zero attached hydrogens (tertiary/aromatic N) is 1. The zero-order chi connectivity index (χ0) is 15.1. The molecule has 1 aliphatic carbocycles. The Hall–Kier alpha value is -2.66. The van der Waals surface area contributed by atoms with Crippen molar-refractivity contribution in [1.82, 2.24) is 5.16 Å². The quantitative estimate of drug-likeness (QED) is 0.566. The lowest BCUT2D eigenvalue weighted by molar-refractivity contribution is 0.104. The van der Waals surface area contributed by atoms with Gasteiger partial charge in [0, 0.05) is 30.0 Å². The lowest BCUT2D eigenvalue weighted by atomic mass is 9.87. The number of aliphatic hydroxyl groups is 1. The van der Waals surface area contributed by atoms with E-state index in [4.69, 9.17) is 9.63 Å². The molecule has 0 spiro atoms. The van der Waals surface area contributed by atoms with Crippen LogP contribution < -0.4 is 5.32 Å². The fourth-order valence-corrected chi connectivity index (χ4v) is 2.92. The van der Waals surface area contributed by atoms with Gasteiger partial charge in [0.15, 0.2) is 11.5 Å². The number of anilines is 1. The molecule has 0 saturated carbocycles. The van der Waals surface area contributed by atoms with Gasteiger partial charge in [-0.25, -0.2) is 0 Å². The number of benzene rings is 2. The van der Waals surface area contributed by atoms with Gasteiger partial charge in [0.05, 0.1) is 10.9 Å². The molecular formula is C17H14N2O3. The SMILES string of the molecule is O=C1c2ccccc2-c2onc3ccc(NCCCO)c1c23. The molecule has 4 rings (SSSR count). The predicted molar refractivity (Wildman–Crippen MR) is 83.1 cm³/mol. The van der Waals surface area contributed by atoms with E-state index in [0.717, 1.165) is 16.6 Å². The summed E-state index contributed by atoms with van der Waals surface area (Å²) in [6.07, 6.45) is 0.624. The van der Waals surface area contributed by atoms with Gasteiger partial charge in [-0.1, -0.05) is 29.4 Å². The molecule has 5 nitrogen and oxygen atoms in total. The average molecular weight is 294 g/mol. The Morgan fingerprint density at radius 3 is 2.77 bits per heavy atom. The van der Waals surface area contributed by atoms with Crippen LogP contribution in [0.3, 0.4) is 0 Å². The van der Waals surface area contributed by atoms with E-state index < -0.39 is 0 Å². The maximum atomic E-state index is 12.9. The second-order valence-electron chi connectivity index (χ2n) is 5.27. The zero-order valence-corrected chi connectivity index (χ0v) is 11.8. The van der Waals surface area contributed by atoms with Gasteiger partial charge in [0.25, 0.3) is 0 Å². The van der Waals surface area contributed by atoms with Crippen LogP contribution >= 0.6 is 0 Å². The maximum absolute atomic E-state index is 12.9. The van der Waals surface area contributed by atoms with Gasteiger partial charge in [-0.05, 0) is 18.6 Å². The standard InChI is InChI=1S/C17H14N2O3/c20-9-3-8-18-12-6-7-13-15-14(12)16(21)10-4-1-2-5-11(10)17(15)22-19-13/h1-2,4-7,18,20H,3,8-9H2. The number of nitrogens with one attached hydrogen (secondary N) is 1. The molecule has 0 radical (unpaired) electrons. The third-order valence-electron chi connectivity index (χ3n) is 3.94. The summed E-state index contributed by atoms with van der Waals surface area (Å²) in [7, 11) is 0. The Bertz CT molecular complexity index is 883. The van der Waals surface area contributed by atoms with Crippen molar-refractivity contribution in [2.24, 2.45) is 0 Å². The summed E-state index contributed by atoms with van der Waals surface area (Å²) in [6.45, 7) is 0.713. The molecule has 110 valence electrons. The number of rotatable bonds is 4. The molecule has 0 atom stereocenters. The maximum Gasteiger partial charge on any atom is 0.196 e. The summed E-state index contributed by atoms with van der Waals surface area (Å²) in [5.41, 5.74) is 3.45. The molecule has 3 aromatic rings. The van der Waals surface area contributed by atoms with Crippen molar-refractivity contribution < 1.29 is 14.4 Å². The van der Waals surface area contributed by atoms with E-state index in [1.807, 2.05) is 30.3 Å². The first-order chi connectivity index (χ1) is 10.8. The van der Waals surface area contributed by atoms with Crippen molar-refractivity contribution in [1.29, 1.82) is 0 Å². The Morgan fingerprint density at radius 1 is 1.14 bits per heavy atom. The second-order valence-corrected chi connectivity index (χ2v) is 5.27. The molecule has 2 N–H and O–H groups in total. The van der Waals surface area contributed by atoms with Crippen LogP contribution in [0, 0.1) is 0 Å². The van der Waals surface area contributed by atoms with Gasteiger partial charge in [-0.2, -0.15) is 0 Å². The van der Waals surface area contributed by atoms with Crippen LogP contribution in [0.4, 0.5) is 5.69 Å². The molecule has 1 aromatic heterocycles. The Labute approximate surface area is 126 Å². The van der Waals surface area contributed by atoms with E-state index in [1.54, 1.807) is 6.07 Å². The molecule has 5 heteroatoms. The highest BCUT2D eigenvalue weighted by molar-refractivity contribution is 6.27. The Kier molecular flexibility index (Phi) is 2.94. The van der Waals surface area contributed by atoms with Crippen molar-refractivity contribution >= 4 is 22.4 Å². The number of hydrogen-bond acceptors (Lipinski definition) is 5. The summed E-state index contributed by atoms with van der Waals surface area (Å²) < 4.78 is 5.48. The van der Waals surface area contributed by atoms with Gasteiger partial charge in [-0.3, -0.25) is 4.79 Å². The van der Waals surface area contributed by atoms with E-state index in [2.05, 4.69) is 10.5 Å². The number of aromatic nitrogens is 1. The van der Waals surface area contributed by atoms with Crippen LogP contribution in [0.2, 0.25) is 0 Å². The molecule has 1 aliphatic rings. The van der Waals surface area contributed by atoms with Crippen LogP contribution in [0.15, 0.2) is 40.9 Å². The number of hydrogen-bond donors (Lipinski definition) is 2. The molecule has 0 aliphatic heterocycles. The van der Waals surface area contributed by atoms with Crippen molar-refractivity contribution in [3.8, 4) is 11.3 Å². The normalized spacial score (nSPS) is 12.5. The van der Waals surface area contributed by atoms with Gasteiger partial charge in [-0.15, -0.1) is 0 Å². The van der Waals surface area contributed by atoms with Crippen molar-refractivity contribution in [2.45, 2.75) is 6.42 Å². The number of ketones is 1.